The predicted molar refractivity (Wildman–Crippen MR) is 96.6 cm³/mol. The summed E-state index contributed by atoms with van der Waals surface area (Å²) in [5.41, 5.74) is 1.42. The normalized spacial score (nSPS) is 11.0. The maximum Gasteiger partial charge on any atom is 0.360 e. The summed E-state index contributed by atoms with van der Waals surface area (Å²) in [6, 6.07) is 0. The van der Waals surface area contributed by atoms with Gasteiger partial charge in [-0.05, 0) is 45.4 Å². The molecule has 0 unspecified atom stereocenters. The topological polar surface area (TPSA) is 92.5 Å². The number of unbranched alkanes of at least 4 members (excludes halogenated alkanes) is 7. The summed E-state index contributed by atoms with van der Waals surface area (Å²) in [5.74, 6) is -0.150. The lowest BCUT2D eigenvalue weighted by Crippen LogP contribution is -2.06. The second kappa shape index (κ2) is 13.7. The molecule has 1 heterocycles. The molecule has 0 aromatic carbocycles. The van der Waals surface area contributed by atoms with Crippen molar-refractivity contribution >= 4 is 5.97 Å². The van der Waals surface area contributed by atoms with Gasteiger partial charge in [0.2, 0.25) is 0 Å². The van der Waals surface area contributed by atoms with Crippen molar-refractivity contribution < 1.29 is 19.2 Å². The van der Waals surface area contributed by atoms with E-state index in [1.165, 1.54) is 0 Å². The van der Waals surface area contributed by atoms with Gasteiger partial charge in [0.15, 0.2) is 0 Å². The Morgan fingerprint density at radius 2 is 1.64 bits per heavy atom. The van der Waals surface area contributed by atoms with Gasteiger partial charge in [-0.1, -0.05) is 32.1 Å². The molecule has 0 amide bonds. The van der Waals surface area contributed by atoms with E-state index < -0.39 is 0 Å². The number of esters is 1. The van der Waals surface area contributed by atoms with Gasteiger partial charge in [0.25, 0.3) is 0 Å². The first-order valence-corrected chi connectivity index (χ1v) is 9.64. The number of hydrogen-bond acceptors (Lipinski definition) is 5. The van der Waals surface area contributed by atoms with Gasteiger partial charge in [-0.3, -0.25) is 4.79 Å². The van der Waals surface area contributed by atoms with Crippen molar-refractivity contribution in [2.24, 2.45) is 0 Å². The summed E-state index contributed by atoms with van der Waals surface area (Å²) in [4.78, 5) is 23.1. The molecule has 0 saturated heterocycles. The van der Waals surface area contributed by atoms with Crippen LogP contribution in [0.4, 0.5) is 0 Å². The highest BCUT2D eigenvalue weighted by Crippen LogP contribution is 2.13. The molecule has 1 aromatic rings. The van der Waals surface area contributed by atoms with Crippen LogP contribution in [0.1, 0.15) is 82.4 Å². The van der Waals surface area contributed by atoms with Gasteiger partial charge < -0.3 is 14.4 Å². The van der Waals surface area contributed by atoms with E-state index in [2.05, 4.69) is 5.16 Å². The van der Waals surface area contributed by atoms with E-state index in [-0.39, 0.29) is 18.2 Å². The van der Waals surface area contributed by atoms with E-state index in [4.69, 9.17) is 14.4 Å². The molecule has 2 N–H and O–H groups in total. The SMILES string of the molecule is CCOC(=O)CCCCCc1c(CCCCCCCCO)[nH]oc1=O. The highest BCUT2D eigenvalue weighted by atomic mass is 16.5. The molecular weight excluding hydrogens is 322 g/mol. The van der Waals surface area contributed by atoms with Crippen molar-refractivity contribution in [1.29, 1.82) is 0 Å². The first kappa shape index (κ1) is 21.5. The van der Waals surface area contributed by atoms with Crippen LogP contribution >= 0.6 is 0 Å². The Hall–Kier alpha value is -1.56. The molecule has 0 radical (unpaired) electrons. The lowest BCUT2D eigenvalue weighted by molar-refractivity contribution is -0.143. The number of hydrogen-bond donors (Lipinski definition) is 2. The Morgan fingerprint density at radius 3 is 2.36 bits per heavy atom. The van der Waals surface area contributed by atoms with Crippen LogP contribution in [0.5, 0.6) is 0 Å². The second-order valence-electron chi connectivity index (χ2n) is 6.41. The van der Waals surface area contributed by atoms with E-state index in [9.17, 15) is 9.59 Å². The van der Waals surface area contributed by atoms with Crippen LogP contribution in [-0.2, 0) is 22.4 Å². The molecule has 0 fully saturated rings. The highest BCUT2D eigenvalue weighted by Gasteiger charge is 2.11. The van der Waals surface area contributed by atoms with Crippen molar-refractivity contribution in [2.75, 3.05) is 13.2 Å². The first-order valence-electron chi connectivity index (χ1n) is 9.64. The maximum absolute atomic E-state index is 11.8. The van der Waals surface area contributed by atoms with Gasteiger partial charge in [-0.2, -0.15) is 0 Å². The van der Waals surface area contributed by atoms with Gasteiger partial charge in [-0.25, -0.2) is 9.95 Å². The molecule has 6 heteroatoms. The number of H-pyrrole nitrogens is 1. The maximum atomic E-state index is 11.8. The number of ether oxygens (including phenoxy) is 1. The second-order valence-corrected chi connectivity index (χ2v) is 6.41. The van der Waals surface area contributed by atoms with Crippen molar-refractivity contribution in [3.05, 3.63) is 21.7 Å². The van der Waals surface area contributed by atoms with Crippen LogP contribution < -0.4 is 5.63 Å². The van der Waals surface area contributed by atoms with E-state index in [1.807, 2.05) is 0 Å². The third-order valence-corrected chi connectivity index (χ3v) is 4.33. The van der Waals surface area contributed by atoms with Crippen LogP contribution in [0, 0.1) is 0 Å². The van der Waals surface area contributed by atoms with E-state index in [0.717, 1.165) is 75.5 Å². The van der Waals surface area contributed by atoms with Crippen molar-refractivity contribution in [1.82, 2.24) is 5.16 Å². The standard InChI is InChI=1S/C19H33NO5/c1-2-24-18(22)14-10-7-8-12-16-17(20-25-19(16)23)13-9-5-3-4-6-11-15-21/h20-21H,2-15H2,1H3. The molecular formula is C19H33NO5. The minimum atomic E-state index is -0.261. The van der Waals surface area contributed by atoms with E-state index in [1.54, 1.807) is 6.92 Å². The number of rotatable bonds is 15. The number of aliphatic hydroxyl groups is 1. The first-order chi connectivity index (χ1) is 12.2. The number of aromatic amines is 1. The fraction of sp³-hybridized carbons (Fsp3) is 0.789. The smallest absolute Gasteiger partial charge is 0.360 e. The Bertz CT molecular complexity index is 520. The number of carbonyl (C=O) groups is 1. The van der Waals surface area contributed by atoms with Crippen LogP contribution in [0.15, 0.2) is 9.32 Å². The highest BCUT2D eigenvalue weighted by molar-refractivity contribution is 5.69. The lowest BCUT2D eigenvalue weighted by Gasteiger charge is -2.03. The predicted octanol–water partition coefficient (Wildman–Crippen LogP) is 3.51. The number of carbonyl (C=O) groups excluding carboxylic acids is 1. The van der Waals surface area contributed by atoms with E-state index >= 15 is 0 Å². The van der Waals surface area contributed by atoms with Crippen LogP contribution in [0.3, 0.4) is 0 Å². The fourth-order valence-electron chi connectivity index (χ4n) is 2.91. The Kier molecular flexibility index (Phi) is 11.8. The van der Waals surface area contributed by atoms with Crippen LogP contribution in [0.25, 0.3) is 0 Å². The Balaban J connectivity index is 2.21. The molecule has 0 aliphatic heterocycles. The molecule has 0 saturated carbocycles. The molecule has 0 aliphatic rings. The summed E-state index contributed by atoms with van der Waals surface area (Å²) in [5, 5.41) is 11.5. The zero-order chi connectivity index (χ0) is 18.3. The largest absolute Gasteiger partial charge is 0.466 e. The average molecular weight is 355 g/mol. The van der Waals surface area contributed by atoms with E-state index in [0.29, 0.717) is 19.4 Å². The zero-order valence-corrected chi connectivity index (χ0v) is 15.5. The zero-order valence-electron chi connectivity index (χ0n) is 15.5. The minimum absolute atomic E-state index is 0.150. The minimum Gasteiger partial charge on any atom is -0.466 e. The van der Waals surface area contributed by atoms with Gasteiger partial charge in [-0.15, -0.1) is 0 Å². The number of aliphatic hydroxyl groups excluding tert-OH is 1. The van der Waals surface area contributed by atoms with Crippen LogP contribution in [0.2, 0.25) is 0 Å². The van der Waals surface area contributed by atoms with Crippen molar-refractivity contribution in [3.8, 4) is 0 Å². The summed E-state index contributed by atoms with van der Waals surface area (Å²) in [7, 11) is 0. The summed E-state index contributed by atoms with van der Waals surface area (Å²) in [6.45, 7) is 2.51. The molecule has 0 bridgehead atoms. The number of aryl methyl sites for hydroxylation is 1. The number of nitrogens with one attached hydrogen (secondary N) is 1. The Morgan fingerprint density at radius 1 is 1.00 bits per heavy atom. The summed E-state index contributed by atoms with van der Waals surface area (Å²) in [6.07, 6.45) is 11.0. The third-order valence-electron chi connectivity index (χ3n) is 4.33. The quantitative estimate of drug-likeness (QED) is 0.371. The van der Waals surface area contributed by atoms with Crippen LogP contribution in [-0.4, -0.2) is 29.4 Å². The molecule has 1 aromatic heterocycles. The fourth-order valence-corrected chi connectivity index (χ4v) is 2.91. The summed E-state index contributed by atoms with van der Waals surface area (Å²) >= 11 is 0. The molecule has 0 aliphatic carbocycles. The third kappa shape index (κ3) is 9.48. The van der Waals surface area contributed by atoms with Crippen molar-refractivity contribution in [3.63, 3.8) is 0 Å². The van der Waals surface area contributed by atoms with Gasteiger partial charge in [0.05, 0.1) is 17.9 Å². The van der Waals surface area contributed by atoms with Gasteiger partial charge in [0.1, 0.15) is 0 Å². The molecule has 25 heavy (non-hydrogen) atoms. The number of aromatic nitrogens is 1. The average Bonchev–Trinajstić information content (AvgIpc) is 2.94. The molecule has 1 rings (SSSR count). The molecule has 0 atom stereocenters. The molecule has 144 valence electrons. The van der Waals surface area contributed by atoms with Crippen molar-refractivity contribution in [2.45, 2.75) is 84.0 Å². The Labute approximate surface area is 149 Å². The lowest BCUT2D eigenvalue weighted by atomic mass is 10.0. The van der Waals surface area contributed by atoms with Gasteiger partial charge in [0, 0.05) is 13.0 Å². The summed E-state index contributed by atoms with van der Waals surface area (Å²) < 4.78 is 9.85. The van der Waals surface area contributed by atoms with Gasteiger partial charge >= 0.3 is 11.6 Å². The monoisotopic (exact) mass is 355 g/mol. The molecule has 6 nitrogen and oxygen atoms in total. The molecule has 0 spiro atoms.